The SMILES string of the molecule is CCCCc1ccc(OC2CC(Cl)C2(CC)CC)cc1. The van der Waals surface area contributed by atoms with Gasteiger partial charge >= 0.3 is 0 Å². The molecule has 2 atom stereocenters. The minimum absolute atomic E-state index is 0.169. The first-order valence-corrected chi connectivity index (χ1v) is 8.49. The van der Waals surface area contributed by atoms with Crippen molar-refractivity contribution in [3.63, 3.8) is 0 Å². The first-order chi connectivity index (χ1) is 9.66. The molecule has 1 saturated carbocycles. The van der Waals surface area contributed by atoms with Crippen LogP contribution >= 0.6 is 11.6 Å². The average molecular weight is 295 g/mol. The van der Waals surface area contributed by atoms with Crippen LogP contribution in [0, 0.1) is 5.41 Å². The van der Waals surface area contributed by atoms with Crippen molar-refractivity contribution in [2.24, 2.45) is 5.41 Å². The van der Waals surface area contributed by atoms with Gasteiger partial charge in [-0.05, 0) is 43.4 Å². The first kappa shape index (κ1) is 15.7. The largest absolute Gasteiger partial charge is 0.490 e. The number of halogens is 1. The normalized spacial score (nSPS) is 24.2. The quantitative estimate of drug-likeness (QED) is 0.595. The van der Waals surface area contributed by atoms with Crippen LogP contribution in [0.15, 0.2) is 24.3 Å². The van der Waals surface area contributed by atoms with Crippen LogP contribution in [-0.2, 0) is 6.42 Å². The van der Waals surface area contributed by atoms with Gasteiger partial charge in [0.15, 0.2) is 0 Å². The van der Waals surface area contributed by atoms with E-state index in [1.165, 1.54) is 18.4 Å². The van der Waals surface area contributed by atoms with Crippen LogP contribution < -0.4 is 4.74 Å². The van der Waals surface area contributed by atoms with Crippen LogP contribution in [0.5, 0.6) is 5.75 Å². The minimum Gasteiger partial charge on any atom is -0.490 e. The van der Waals surface area contributed by atoms with Crippen LogP contribution in [-0.4, -0.2) is 11.5 Å². The molecule has 0 radical (unpaired) electrons. The summed E-state index contributed by atoms with van der Waals surface area (Å²) < 4.78 is 6.19. The summed E-state index contributed by atoms with van der Waals surface area (Å²) in [5.41, 5.74) is 1.57. The number of unbranched alkanes of at least 4 members (excludes halogenated alkanes) is 1. The summed E-state index contributed by atoms with van der Waals surface area (Å²) in [7, 11) is 0. The van der Waals surface area contributed by atoms with Gasteiger partial charge in [-0.15, -0.1) is 11.6 Å². The standard InChI is InChI=1S/C18H27ClO/c1-4-7-8-14-9-11-15(12-10-14)20-17-13-16(19)18(17,5-2)6-3/h9-12,16-17H,4-8,13H2,1-3H3. The Morgan fingerprint density at radius 1 is 1.15 bits per heavy atom. The van der Waals surface area contributed by atoms with E-state index in [-0.39, 0.29) is 16.9 Å². The highest BCUT2D eigenvalue weighted by Crippen LogP contribution is 2.51. The van der Waals surface area contributed by atoms with Crippen LogP contribution in [0.4, 0.5) is 0 Å². The number of hydrogen-bond donors (Lipinski definition) is 0. The van der Waals surface area contributed by atoms with E-state index in [1.54, 1.807) is 0 Å². The average Bonchev–Trinajstić information content (AvgIpc) is 2.47. The third kappa shape index (κ3) is 2.98. The molecule has 1 aromatic carbocycles. The highest BCUT2D eigenvalue weighted by molar-refractivity contribution is 6.21. The van der Waals surface area contributed by atoms with Gasteiger partial charge in [0.2, 0.25) is 0 Å². The molecule has 2 unspecified atom stereocenters. The Labute approximate surface area is 128 Å². The maximum absolute atomic E-state index is 6.44. The summed E-state index contributed by atoms with van der Waals surface area (Å²) in [5, 5.41) is 0.270. The van der Waals surface area contributed by atoms with Gasteiger partial charge in [-0.1, -0.05) is 39.3 Å². The van der Waals surface area contributed by atoms with Gasteiger partial charge in [0, 0.05) is 17.2 Å². The molecular weight excluding hydrogens is 268 g/mol. The lowest BCUT2D eigenvalue weighted by molar-refractivity contribution is -0.0462. The fourth-order valence-electron chi connectivity index (χ4n) is 3.29. The lowest BCUT2D eigenvalue weighted by Crippen LogP contribution is -2.56. The smallest absolute Gasteiger partial charge is 0.119 e. The summed E-state index contributed by atoms with van der Waals surface area (Å²) in [6, 6.07) is 8.62. The van der Waals surface area contributed by atoms with E-state index < -0.39 is 0 Å². The van der Waals surface area contributed by atoms with E-state index in [2.05, 4.69) is 45.0 Å². The van der Waals surface area contributed by atoms with E-state index in [9.17, 15) is 0 Å². The van der Waals surface area contributed by atoms with Crippen LogP contribution in [0.25, 0.3) is 0 Å². The van der Waals surface area contributed by atoms with Gasteiger partial charge < -0.3 is 4.74 Å². The van der Waals surface area contributed by atoms with Gasteiger partial charge in [-0.2, -0.15) is 0 Å². The number of rotatable bonds is 7. The predicted octanol–water partition coefficient (Wildman–Crippen LogP) is 5.59. The molecule has 0 aliphatic heterocycles. The van der Waals surface area contributed by atoms with Crippen molar-refractivity contribution in [2.75, 3.05) is 0 Å². The summed E-state index contributed by atoms with van der Waals surface area (Å²) in [6.07, 6.45) is 7.10. The van der Waals surface area contributed by atoms with Crippen molar-refractivity contribution in [3.05, 3.63) is 29.8 Å². The first-order valence-electron chi connectivity index (χ1n) is 8.06. The van der Waals surface area contributed by atoms with Crippen molar-refractivity contribution in [1.29, 1.82) is 0 Å². The highest BCUT2D eigenvalue weighted by Gasteiger charge is 2.53. The molecular formula is C18H27ClO. The molecule has 0 N–H and O–H groups in total. The number of hydrogen-bond acceptors (Lipinski definition) is 1. The molecule has 2 heteroatoms. The zero-order valence-corrected chi connectivity index (χ0v) is 13.7. The Balaban J connectivity index is 1.97. The van der Waals surface area contributed by atoms with Gasteiger partial charge in [0.1, 0.15) is 11.9 Å². The summed E-state index contributed by atoms with van der Waals surface area (Å²) in [5.74, 6) is 0.991. The fraction of sp³-hybridized carbons (Fsp3) is 0.667. The van der Waals surface area contributed by atoms with Gasteiger partial charge in [-0.3, -0.25) is 0 Å². The fourth-order valence-corrected chi connectivity index (χ4v) is 3.90. The lowest BCUT2D eigenvalue weighted by atomic mass is 9.62. The molecule has 112 valence electrons. The van der Waals surface area contributed by atoms with E-state index in [1.807, 2.05) is 0 Å². The minimum atomic E-state index is 0.169. The molecule has 0 spiro atoms. The van der Waals surface area contributed by atoms with E-state index in [4.69, 9.17) is 16.3 Å². The molecule has 0 heterocycles. The second kappa shape index (κ2) is 6.85. The molecule has 1 aromatic rings. The van der Waals surface area contributed by atoms with Crippen molar-refractivity contribution < 1.29 is 4.74 Å². The second-order valence-corrected chi connectivity index (χ2v) is 6.52. The Bertz CT molecular complexity index is 408. The van der Waals surface area contributed by atoms with Crippen LogP contribution in [0.3, 0.4) is 0 Å². The lowest BCUT2D eigenvalue weighted by Gasteiger charge is -2.52. The van der Waals surface area contributed by atoms with Crippen molar-refractivity contribution >= 4 is 11.6 Å². The molecule has 20 heavy (non-hydrogen) atoms. The zero-order chi connectivity index (χ0) is 14.6. The maximum atomic E-state index is 6.44. The van der Waals surface area contributed by atoms with E-state index in [0.717, 1.165) is 31.4 Å². The topological polar surface area (TPSA) is 9.23 Å². The van der Waals surface area contributed by atoms with Crippen molar-refractivity contribution in [3.8, 4) is 5.75 Å². The molecule has 0 aromatic heterocycles. The van der Waals surface area contributed by atoms with E-state index >= 15 is 0 Å². The van der Waals surface area contributed by atoms with Crippen LogP contribution in [0.1, 0.15) is 58.4 Å². The van der Waals surface area contributed by atoms with Gasteiger partial charge in [0.25, 0.3) is 0 Å². The Hall–Kier alpha value is -0.690. The maximum Gasteiger partial charge on any atom is 0.119 e. The van der Waals surface area contributed by atoms with Crippen molar-refractivity contribution in [1.82, 2.24) is 0 Å². The van der Waals surface area contributed by atoms with Crippen molar-refractivity contribution in [2.45, 2.75) is 70.8 Å². The summed E-state index contributed by atoms with van der Waals surface area (Å²) in [4.78, 5) is 0. The molecule has 1 aliphatic carbocycles. The molecule has 0 bridgehead atoms. The Kier molecular flexibility index (Phi) is 5.37. The molecule has 0 saturated heterocycles. The third-order valence-electron chi connectivity index (χ3n) is 5.02. The molecule has 2 rings (SSSR count). The Morgan fingerprint density at radius 2 is 1.80 bits per heavy atom. The Morgan fingerprint density at radius 3 is 2.30 bits per heavy atom. The summed E-state index contributed by atoms with van der Waals surface area (Å²) >= 11 is 6.44. The number of aryl methyl sites for hydroxylation is 1. The molecule has 1 aliphatic rings. The third-order valence-corrected chi connectivity index (χ3v) is 5.64. The van der Waals surface area contributed by atoms with E-state index in [0.29, 0.717) is 0 Å². The predicted molar refractivity (Wildman–Crippen MR) is 86.7 cm³/mol. The monoisotopic (exact) mass is 294 g/mol. The zero-order valence-electron chi connectivity index (χ0n) is 13.0. The number of ether oxygens (including phenoxy) is 1. The van der Waals surface area contributed by atoms with Gasteiger partial charge in [-0.25, -0.2) is 0 Å². The number of benzene rings is 1. The number of alkyl halides is 1. The summed E-state index contributed by atoms with van der Waals surface area (Å²) in [6.45, 7) is 6.68. The molecule has 1 nitrogen and oxygen atoms in total. The van der Waals surface area contributed by atoms with Gasteiger partial charge in [0.05, 0.1) is 0 Å². The van der Waals surface area contributed by atoms with Crippen LogP contribution in [0.2, 0.25) is 0 Å². The highest BCUT2D eigenvalue weighted by atomic mass is 35.5. The molecule has 0 amide bonds. The molecule has 1 fully saturated rings. The second-order valence-electron chi connectivity index (χ2n) is 6.00.